The molecule has 0 bridgehead atoms. The molecule has 1 atom stereocenters. The number of aromatic amines is 1. The molecule has 0 radical (unpaired) electrons. The van der Waals surface area contributed by atoms with Gasteiger partial charge in [0.1, 0.15) is 0 Å². The standard InChI is InChI=1S/C8H11N3O3/c1-5(12)8(2-3-8)6-4-9-10-7(6)11(13)14/h4-5,12H,2-3H2,1H3,(H,9,10). The van der Waals surface area contributed by atoms with E-state index in [-0.39, 0.29) is 5.82 Å². The second-order valence-corrected chi connectivity index (χ2v) is 3.72. The predicted molar refractivity (Wildman–Crippen MR) is 47.8 cm³/mol. The Kier molecular flexibility index (Phi) is 1.81. The molecule has 0 aromatic carbocycles. The number of nitrogens with zero attached hydrogens (tertiary/aromatic N) is 2. The quantitative estimate of drug-likeness (QED) is 0.551. The van der Waals surface area contributed by atoms with Crippen LogP contribution in [0.5, 0.6) is 0 Å². The van der Waals surface area contributed by atoms with E-state index >= 15 is 0 Å². The van der Waals surface area contributed by atoms with Crippen molar-refractivity contribution in [3.05, 3.63) is 21.9 Å². The van der Waals surface area contributed by atoms with Gasteiger partial charge in [0.25, 0.3) is 0 Å². The number of aliphatic hydroxyl groups is 1. The maximum Gasteiger partial charge on any atom is 0.346 e. The highest BCUT2D eigenvalue weighted by atomic mass is 16.6. The smallest absolute Gasteiger partial charge is 0.346 e. The Morgan fingerprint density at radius 3 is 2.86 bits per heavy atom. The fourth-order valence-corrected chi connectivity index (χ4v) is 1.83. The topological polar surface area (TPSA) is 92.1 Å². The summed E-state index contributed by atoms with van der Waals surface area (Å²) < 4.78 is 0. The number of nitrogens with one attached hydrogen (secondary N) is 1. The second-order valence-electron chi connectivity index (χ2n) is 3.72. The van der Waals surface area contributed by atoms with Crippen LogP contribution in [0.15, 0.2) is 6.20 Å². The van der Waals surface area contributed by atoms with Crippen molar-refractivity contribution >= 4 is 5.82 Å². The highest BCUT2D eigenvalue weighted by molar-refractivity contribution is 5.42. The zero-order valence-electron chi connectivity index (χ0n) is 7.73. The van der Waals surface area contributed by atoms with E-state index in [4.69, 9.17) is 0 Å². The van der Waals surface area contributed by atoms with Crippen LogP contribution in [0.25, 0.3) is 0 Å². The Balaban J connectivity index is 2.42. The van der Waals surface area contributed by atoms with Gasteiger partial charge in [-0.1, -0.05) is 5.10 Å². The molecular formula is C8H11N3O3. The maximum absolute atomic E-state index is 10.6. The van der Waals surface area contributed by atoms with Crippen molar-refractivity contribution in [3.8, 4) is 0 Å². The van der Waals surface area contributed by atoms with Gasteiger partial charge in [-0.2, -0.15) is 0 Å². The van der Waals surface area contributed by atoms with Gasteiger partial charge < -0.3 is 15.2 Å². The molecule has 1 aromatic heterocycles. The minimum atomic E-state index is -0.571. The molecule has 1 saturated carbocycles. The number of hydrogen-bond donors (Lipinski definition) is 2. The van der Waals surface area contributed by atoms with E-state index in [1.54, 1.807) is 6.92 Å². The first-order chi connectivity index (χ1) is 6.58. The summed E-state index contributed by atoms with van der Waals surface area (Å²) >= 11 is 0. The molecule has 2 N–H and O–H groups in total. The summed E-state index contributed by atoms with van der Waals surface area (Å²) in [4.78, 5) is 10.1. The van der Waals surface area contributed by atoms with Crippen LogP contribution in [0.1, 0.15) is 25.3 Å². The number of H-pyrrole nitrogens is 1. The van der Waals surface area contributed by atoms with E-state index in [0.29, 0.717) is 5.56 Å². The van der Waals surface area contributed by atoms with Gasteiger partial charge in [0.15, 0.2) is 0 Å². The number of rotatable bonds is 3. The summed E-state index contributed by atoms with van der Waals surface area (Å²) in [5.74, 6) is -0.0941. The number of hydrogen-bond acceptors (Lipinski definition) is 4. The van der Waals surface area contributed by atoms with E-state index < -0.39 is 16.4 Å². The molecule has 1 unspecified atom stereocenters. The van der Waals surface area contributed by atoms with Crippen molar-refractivity contribution in [2.45, 2.75) is 31.3 Å². The van der Waals surface area contributed by atoms with Crippen molar-refractivity contribution in [2.75, 3.05) is 0 Å². The molecular weight excluding hydrogens is 186 g/mol. The summed E-state index contributed by atoms with van der Waals surface area (Å²) in [5, 5.41) is 26.2. The average Bonchev–Trinajstić information content (AvgIpc) is 2.77. The lowest BCUT2D eigenvalue weighted by Gasteiger charge is -2.15. The first-order valence-corrected chi connectivity index (χ1v) is 4.44. The minimum Gasteiger partial charge on any atom is -0.392 e. The van der Waals surface area contributed by atoms with E-state index in [1.165, 1.54) is 6.20 Å². The van der Waals surface area contributed by atoms with Crippen LogP contribution in [-0.2, 0) is 5.41 Å². The summed E-state index contributed by atoms with van der Waals surface area (Å²) in [6.45, 7) is 1.66. The molecule has 1 aromatic rings. The molecule has 6 heteroatoms. The van der Waals surface area contributed by atoms with E-state index in [9.17, 15) is 15.2 Å². The molecule has 1 heterocycles. The number of nitro groups is 1. The Labute approximate surface area is 80.1 Å². The summed E-state index contributed by atoms with van der Waals surface area (Å²) in [6, 6.07) is 0. The molecule has 1 aliphatic carbocycles. The molecule has 0 amide bonds. The van der Waals surface area contributed by atoms with Gasteiger partial charge in [-0.15, -0.1) is 5.10 Å². The lowest BCUT2D eigenvalue weighted by atomic mass is 9.93. The first-order valence-electron chi connectivity index (χ1n) is 4.44. The van der Waals surface area contributed by atoms with Crippen LogP contribution in [0.3, 0.4) is 0 Å². The van der Waals surface area contributed by atoms with Crippen molar-refractivity contribution < 1.29 is 10.0 Å². The number of aromatic nitrogens is 2. The Morgan fingerprint density at radius 1 is 1.79 bits per heavy atom. The zero-order valence-corrected chi connectivity index (χ0v) is 7.73. The van der Waals surface area contributed by atoms with Gasteiger partial charge in [-0.05, 0) is 24.7 Å². The van der Waals surface area contributed by atoms with E-state index in [0.717, 1.165) is 12.8 Å². The van der Waals surface area contributed by atoms with E-state index in [1.807, 2.05) is 0 Å². The third kappa shape index (κ3) is 1.11. The first kappa shape index (κ1) is 9.14. The van der Waals surface area contributed by atoms with Gasteiger partial charge in [-0.3, -0.25) is 0 Å². The lowest BCUT2D eigenvalue weighted by Crippen LogP contribution is -2.22. The van der Waals surface area contributed by atoms with Crippen LogP contribution in [0.4, 0.5) is 5.82 Å². The van der Waals surface area contributed by atoms with Gasteiger partial charge >= 0.3 is 5.82 Å². The largest absolute Gasteiger partial charge is 0.392 e. The molecule has 14 heavy (non-hydrogen) atoms. The van der Waals surface area contributed by atoms with Crippen molar-refractivity contribution in [3.63, 3.8) is 0 Å². The summed E-state index contributed by atoms with van der Waals surface area (Å²) in [7, 11) is 0. The zero-order chi connectivity index (χ0) is 10.3. The Hall–Kier alpha value is -1.43. The lowest BCUT2D eigenvalue weighted by molar-refractivity contribution is -0.390. The van der Waals surface area contributed by atoms with Crippen LogP contribution in [0.2, 0.25) is 0 Å². The molecule has 6 nitrogen and oxygen atoms in total. The SMILES string of the molecule is CC(O)C1(c2cn[nH]c2[N+](=O)[O-])CC1. The van der Waals surface area contributed by atoms with E-state index in [2.05, 4.69) is 10.2 Å². The fourth-order valence-electron chi connectivity index (χ4n) is 1.83. The molecule has 0 spiro atoms. The monoisotopic (exact) mass is 197 g/mol. The van der Waals surface area contributed by atoms with Crippen molar-refractivity contribution in [2.24, 2.45) is 0 Å². The third-order valence-corrected chi connectivity index (χ3v) is 2.93. The fraction of sp³-hybridized carbons (Fsp3) is 0.625. The van der Waals surface area contributed by atoms with Gasteiger partial charge in [0.05, 0.1) is 17.9 Å². The molecule has 0 aliphatic heterocycles. The number of aliphatic hydroxyl groups excluding tert-OH is 1. The Morgan fingerprint density at radius 2 is 2.43 bits per heavy atom. The third-order valence-electron chi connectivity index (χ3n) is 2.93. The van der Waals surface area contributed by atoms with Crippen LogP contribution in [-0.4, -0.2) is 26.3 Å². The normalized spacial score (nSPS) is 20.4. The highest BCUT2D eigenvalue weighted by Crippen LogP contribution is 2.52. The molecule has 2 rings (SSSR count). The molecule has 1 aliphatic rings. The summed E-state index contributed by atoms with van der Waals surface area (Å²) in [6.07, 6.45) is 2.44. The van der Waals surface area contributed by atoms with Crippen LogP contribution < -0.4 is 0 Å². The van der Waals surface area contributed by atoms with Gasteiger partial charge in [-0.25, -0.2) is 0 Å². The van der Waals surface area contributed by atoms with Crippen LogP contribution in [0, 0.1) is 10.1 Å². The van der Waals surface area contributed by atoms with Crippen molar-refractivity contribution in [1.29, 1.82) is 0 Å². The van der Waals surface area contributed by atoms with Crippen molar-refractivity contribution in [1.82, 2.24) is 10.2 Å². The van der Waals surface area contributed by atoms with Gasteiger partial charge in [0, 0.05) is 5.41 Å². The molecule has 0 saturated heterocycles. The predicted octanol–water partition coefficient (Wildman–Crippen LogP) is 0.730. The highest BCUT2D eigenvalue weighted by Gasteiger charge is 2.52. The average molecular weight is 197 g/mol. The van der Waals surface area contributed by atoms with Crippen LogP contribution >= 0.6 is 0 Å². The summed E-state index contributed by atoms with van der Waals surface area (Å²) in [5.41, 5.74) is 0.0903. The van der Waals surface area contributed by atoms with Gasteiger partial charge in [0.2, 0.25) is 0 Å². The Bertz CT molecular complexity index is 368. The molecule has 1 fully saturated rings. The molecule has 76 valence electrons. The maximum atomic E-state index is 10.6. The minimum absolute atomic E-state index is 0.0941. The second kappa shape index (κ2) is 2.78.